The highest BCUT2D eigenvalue weighted by molar-refractivity contribution is 7.90. The van der Waals surface area contributed by atoms with Gasteiger partial charge in [0.15, 0.2) is 6.29 Å². The summed E-state index contributed by atoms with van der Waals surface area (Å²) < 4.78 is 30.9. The number of nitrogens with zero attached hydrogens (tertiary/aromatic N) is 2. The van der Waals surface area contributed by atoms with Gasteiger partial charge in [0.2, 0.25) is 4.80 Å². The predicted octanol–water partition coefficient (Wildman–Crippen LogP) is 4.46. The molecule has 0 bridgehead atoms. The molecule has 1 aliphatic rings. The van der Waals surface area contributed by atoms with E-state index in [0.717, 1.165) is 43.4 Å². The van der Waals surface area contributed by atoms with Gasteiger partial charge in [-0.25, -0.2) is 0 Å². The fourth-order valence-corrected chi connectivity index (χ4v) is 5.59. The number of carbonyl (C=O) groups is 1. The largest absolute Gasteiger partial charge is 0.303 e. The van der Waals surface area contributed by atoms with Crippen molar-refractivity contribution >= 4 is 50.8 Å². The van der Waals surface area contributed by atoms with Crippen LogP contribution in [0.3, 0.4) is 0 Å². The van der Waals surface area contributed by atoms with E-state index in [4.69, 9.17) is 23.2 Å². The van der Waals surface area contributed by atoms with Gasteiger partial charge in [0.05, 0.1) is 4.90 Å². The average Bonchev–Trinajstić information content (AvgIpc) is 2.90. The van der Waals surface area contributed by atoms with Gasteiger partial charge in [-0.05, 0) is 37.1 Å². The first-order chi connectivity index (χ1) is 11.9. The highest BCUT2D eigenvalue weighted by Gasteiger charge is 2.23. The molecule has 0 atom stereocenters. The van der Waals surface area contributed by atoms with E-state index < -0.39 is 10.0 Å². The number of hydrogen-bond donors (Lipinski definition) is 0. The number of benzene rings is 1. The lowest BCUT2D eigenvalue weighted by atomic mass is 9.95. The minimum atomic E-state index is -3.92. The maximum absolute atomic E-state index is 12.6. The van der Waals surface area contributed by atoms with Gasteiger partial charge >= 0.3 is 0 Å². The van der Waals surface area contributed by atoms with Crippen molar-refractivity contribution in [2.45, 2.75) is 43.0 Å². The van der Waals surface area contributed by atoms with Gasteiger partial charge in [0, 0.05) is 11.1 Å². The van der Waals surface area contributed by atoms with E-state index in [1.54, 1.807) is 4.57 Å². The fraction of sp³-hybridized carbons (Fsp3) is 0.375. The lowest BCUT2D eigenvalue weighted by molar-refractivity contribution is 0.112. The van der Waals surface area contributed by atoms with Crippen LogP contribution < -0.4 is 4.80 Å². The summed E-state index contributed by atoms with van der Waals surface area (Å²) in [6, 6.07) is 5.86. The van der Waals surface area contributed by atoms with E-state index in [0.29, 0.717) is 11.3 Å². The zero-order valence-electron chi connectivity index (χ0n) is 13.2. The van der Waals surface area contributed by atoms with Crippen molar-refractivity contribution in [3.8, 4) is 0 Å². The Kier molecular flexibility index (Phi) is 5.68. The Morgan fingerprint density at radius 2 is 1.76 bits per heavy atom. The summed E-state index contributed by atoms with van der Waals surface area (Å²) in [6.07, 6.45) is 5.66. The van der Waals surface area contributed by atoms with Crippen molar-refractivity contribution < 1.29 is 13.2 Å². The molecule has 25 heavy (non-hydrogen) atoms. The molecule has 2 aromatic rings. The molecule has 0 amide bonds. The van der Waals surface area contributed by atoms with E-state index in [-0.39, 0.29) is 25.8 Å². The number of halogens is 2. The molecule has 0 N–H and O–H groups in total. The summed E-state index contributed by atoms with van der Waals surface area (Å²) in [5, 5.41) is 0.704. The molecule has 0 aliphatic heterocycles. The summed E-state index contributed by atoms with van der Waals surface area (Å²) in [6.45, 7) is 0. The van der Waals surface area contributed by atoms with Crippen LogP contribution in [-0.2, 0) is 10.0 Å². The number of carbonyl (C=O) groups excluding carboxylic acids is 1. The van der Waals surface area contributed by atoms with Gasteiger partial charge in [-0.3, -0.25) is 4.79 Å². The van der Waals surface area contributed by atoms with Gasteiger partial charge in [-0.1, -0.05) is 53.8 Å². The maximum Gasteiger partial charge on any atom is 0.285 e. The van der Waals surface area contributed by atoms with Crippen molar-refractivity contribution in [1.82, 2.24) is 4.57 Å². The van der Waals surface area contributed by atoms with Crippen LogP contribution in [0.2, 0.25) is 10.2 Å². The first kappa shape index (κ1) is 18.6. The van der Waals surface area contributed by atoms with Crippen LogP contribution in [0, 0.1) is 0 Å². The molecule has 1 aromatic heterocycles. The van der Waals surface area contributed by atoms with Crippen LogP contribution >= 0.6 is 34.5 Å². The lowest BCUT2D eigenvalue weighted by Gasteiger charge is -2.23. The van der Waals surface area contributed by atoms with Gasteiger partial charge in [-0.15, -0.1) is 4.40 Å². The van der Waals surface area contributed by atoms with E-state index in [2.05, 4.69) is 4.40 Å². The first-order valence-electron chi connectivity index (χ1n) is 7.85. The molecule has 0 spiro atoms. The van der Waals surface area contributed by atoms with Crippen molar-refractivity contribution in [2.24, 2.45) is 4.40 Å². The molecular formula is C16H16Cl2N2O3S2. The molecule has 1 fully saturated rings. The smallest absolute Gasteiger partial charge is 0.285 e. The number of aldehydes is 1. The lowest BCUT2D eigenvalue weighted by Crippen LogP contribution is -2.24. The number of hydrogen-bond acceptors (Lipinski definition) is 4. The van der Waals surface area contributed by atoms with Crippen molar-refractivity contribution in [2.75, 3.05) is 0 Å². The molecule has 1 aromatic carbocycles. The highest BCUT2D eigenvalue weighted by atomic mass is 35.5. The predicted molar refractivity (Wildman–Crippen MR) is 99.0 cm³/mol. The molecule has 1 aliphatic carbocycles. The Morgan fingerprint density at radius 1 is 1.12 bits per heavy atom. The second kappa shape index (κ2) is 7.61. The topological polar surface area (TPSA) is 68.5 Å². The van der Waals surface area contributed by atoms with E-state index >= 15 is 0 Å². The van der Waals surface area contributed by atoms with E-state index in [9.17, 15) is 13.2 Å². The summed E-state index contributed by atoms with van der Waals surface area (Å²) >= 11 is 13.1. The SMILES string of the molecule is O=Cc1sc(=NS(=O)(=O)c2ccc(Cl)cc2)n(C2CCCCC2)c1Cl. The second-order valence-corrected chi connectivity index (χ2v) is 9.25. The molecule has 9 heteroatoms. The number of sulfonamides is 1. The van der Waals surface area contributed by atoms with Crippen LogP contribution in [0.25, 0.3) is 0 Å². The Bertz CT molecular complexity index is 941. The zero-order chi connectivity index (χ0) is 18.0. The van der Waals surface area contributed by atoms with Gasteiger partial charge < -0.3 is 4.57 Å². The molecule has 134 valence electrons. The van der Waals surface area contributed by atoms with Crippen molar-refractivity contribution in [3.63, 3.8) is 0 Å². The minimum absolute atomic E-state index is 0.0456. The maximum atomic E-state index is 12.6. The summed E-state index contributed by atoms with van der Waals surface area (Å²) in [4.78, 5) is 11.8. The van der Waals surface area contributed by atoms with Crippen LogP contribution in [0.15, 0.2) is 33.6 Å². The van der Waals surface area contributed by atoms with Gasteiger partial charge in [0.1, 0.15) is 10.0 Å². The molecule has 3 rings (SSSR count). The Balaban J connectivity index is 2.13. The number of rotatable bonds is 4. The fourth-order valence-electron chi connectivity index (χ4n) is 2.95. The molecule has 1 saturated carbocycles. The monoisotopic (exact) mass is 418 g/mol. The number of aromatic nitrogens is 1. The minimum Gasteiger partial charge on any atom is -0.303 e. The van der Waals surface area contributed by atoms with Crippen LogP contribution in [-0.4, -0.2) is 19.3 Å². The molecule has 1 heterocycles. The van der Waals surface area contributed by atoms with Crippen LogP contribution in [0.5, 0.6) is 0 Å². The quantitative estimate of drug-likeness (QED) is 0.687. The van der Waals surface area contributed by atoms with Crippen molar-refractivity contribution in [1.29, 1.82) is 0 Å². The number of thiazole rings is 1. The zero-order valence-corrected chi connectivity index (χ0v) is 16.3. The Labute approximate surface area is 160 Å². The first-order valence-corrected chi connectivity index (χ1v) is 10.9. The molecule has 0 radical (unpaired) electrons. The molecule has 5 nitrogen and oxygen atoms in total. The third-order valence-corrected chi connectivity index (χ3v) is 7.31. The standard InChI is InChI=1S/C16H16Cl2N2O3S2/c17-11-6-8-13(9-7-11)25(22,23)19-16-20(12-4-2-1-3-5-12)15(18)14(10-21)24-16/h6-10,12H,1-5H2. The summed E-state index contributed by atoms with van der Waals surface area (Å²) in [5.74, 6) is 0. The summed E-state index contributed by atoms with van der Waals surface area (Å²) in [7, 11) is -3.92. The molecular weight excluding hydrogens is 403 g/mol. The summed E-state index contributed by atoms with van der Waals surface area (Å²) in [5.41, 5.74) is 0. The van der Waals surface area contributed by atoms with E-state index in [1.807, 2.05) is 0 Å². The van der Waals surface area contributed by atoms with Crippen LogP contribution in [0.4, 0.5) is 0 Å². The second-order valence-electron chi connectivity index (χ2n) is 5.84. The molecule has 0 saturated heterocycles. The third-order valence-electron chi connectivity index (χ3n) is 4.18. The Morgan fingerprint density at radius 3 is 2.36 bits per heavy atom. The van der Waals surface area contributed by atoms with Crippen molar-refractivity contribution in [3.05, 3.63) is 44.1 Å². The normalized spacial score (nSPS) is 17.0. The molecule has 0 unspecified atom stereocenters. The van der Waals surface area contributed by atoms with E-state index in [1.165, 1.54) is 24.3 Å². The highest BCUT2D eigenvalue weighted by Crippen LogP contribution is 2.31. The Hall–Kier alpha value is -1.15. The van der Waals surface area contributed by atoms with Gasteiger partial charge in [0.25, 0.3) is 10.0 Å². The van der Waals surface area contributed by atoms with Crippen LogP contribution in [0.1, 0.15) is 47.8 Å². The average molecular weight is 419 g/mol. The van der Waals surface area contributed by atoms with Gasteiger partial charge in [-0.2, -0.15) is 8.42 Å². The third kappa shape index (κ3) is 4.00.